The van der Waals surface area contributed by atoms with Crippen molar-refractivity contribution in [1.29, 1.82) is 0 Å². The van der Waals surface area contributed by atoms with Gasteiger partial charge in [0.05, 0.1) is 7.11 Å². The lowest BCUT2D eigenvalue weighted by atomic mass is 10.0. The van der Waals surface area contributed by atoms with Crippen molar-refractivity contribution in [2.45, 2.75) is 25.4 Å². The zero-order valence-electron chi connectivity index (χ0n) is 13.6. The summed E-state index contributed by atoms with van der Waals surface area (Å²) in [4.78, 5) is 29.7. The van der Waals surface area contributed by atoms with E-state index in [1.807, 2.05) is 17.5 Å². The van der Waals surface area contributed by atoms with Gasteiger partial charge in [0, 0.05) is 31.9 Å². The largest absolute Gasteiger partial charge is 0.465 e. The first kappa shape index (κ1) is 16.7. The Hall–Kier alpha value is -2.12. The van der Waals surface area contributed by atoms with Crippen molar-refractivity contribution in [3.8, 4) is 0 Å². The molecule has 7 heteroatoms. The van der Waals surface area contributed by atoms with Gasteiger partial charge in [-0.3, -0.25) is 9.69 Å². The third-order valence-corrected chi connectivity index (χ3v) is 5.21. The van der Waals surface area contributed by atoms with Crippen LogP contribution in [0.3, 0.4) is 0 Å². The van der Waals surface area contributed by atoms with Crippen molar-refractivity contribution in [3.63, 3.8) is 0 Å². The number of carbonyl (C=O) groups excluding carboxylic acids is 2. The molecule has 2 aromatic heterocycles. The van der Waals surface area contributed by atoms with Gasteiger partial charge in [0.25, 0.3) is 5.91 Å². The molecule has 24 heavy (non-hydrogen) atoms. The number of nitrogens with zero attached hydrogens (tertiary/aromatic N) is 1. The Morgan fingerprint density at radius 2 is 2.17 bits per heavy atom. The molecule has 3 heterocycles. The molecular formula is C17H21N3O3S. The average molecular weight is 347 g/mol. The van der Waals surface area contributed by atoms with E-state index in [1.165, 1.54) is 18.4 Å². The molecule has 0 radical (unpaired) electrons. The molecule has 6 nitrogen and oxygen atoms in total. The summed E-state index contributed by atoms with van der Waals surface area (Å²) in [5.74, 6) is -0.322. The molecule has 1 aliphatic heterocycles. The number of amides is 1. The van der Waals surface area contributed by atoms with Crippen molar-refractivity contribution in [1.82, 2.24) is 15.2 Å². The number of H-pyrrole nitrogens is 1. The van der Waals surface area contributed by atoms with Crippen LogP contribution in [0.5, 0.6) is 0 Å². The predicted octanol–water partition coefficient (Wildman–Crippen LogP) is 2.26. The molecule has 0 atom stereocenters. The third kappa shape index (κ3) is 3.85. The monoisotopic (exact) mass is 347 g/mol. The van der Waals surface area contributed by atoms with Crippen molar-refractivity contribution < 1.29 is 14.3 Å². The van der Waals surface area contributed by atoms with Crippen LogP contribution >= 0.6 is 11.3 Å². The number of esters is 1. The van der Waals surface area contributed by atoms with Crippen molar-refractivity contribution in [3.05, 3.63) is 45.9 Å². The molecule has 0 spiro atoms. The smallest absolute Gasteiger partial charge is 0.348 e. The highest BCUT2D eigenvalue weighted by Crippen LogP contribution is 2.21. The Morgan fingerprint density at radius 3 is 2.83 bits per heavy atom. The van der Waals surface area contributed by atoms with Crippen molar-refractivity contribution in [2.24, 2.45) is 0 Å². The number of methoxy groups -OCH3 is 1. The van der Waals surface area contributed by atoms with Crippen LogP contribution < -0.4 is 5.32 Å². The van der Waals surface area contributed by atoms with Crippen LogP contribution in [0.1, 0.15) is 38.6 Å². The van der Waals surface area contributed by atoms with Gasteiger partial charge in [-0.25, -0.2) is 4.79 Å². The molecule has 0 aliphatic carbocycles. The molecule has 1 fully saturated rings. The molecule has 3 rings (SSSR count). The van der Waals surface area contributed by atoms with Gasteiger partial charge in [0.15, 0.2) is 0 Å². The predicted molar refractivity (Wildman–Crippen MR) is 92.2 cm³/mol. The Balaban J connectivity index is 1.50. The number of aromatic amines is 1. The normalized spacial score (nSPS) is 16.0. The Bertz CT molecular complexity index is 688. The highest BCUT2D eigenvalue weighted by molar-refractivity contribution is 7.12. The molecule has 2 N–H and O–H groups in total. The number of aromatic nitrogens is 1. The molecular weight excluding hydrogens is 326 g/mol. The van der Waals surface area contributed by atoms with E-state index in [2.05, 4.69) is 15.2 Å². The van der Waals surface area contributed by atoms with Crippen LogP contribution in [0, 0.1) is 0 Å². The van der Waals surface area contributed by atoms with Crippen LogP contribution in [-0.4, -0.2) is 48.0 Å². The molecule has 1 aliphatic rings. The fraction of sp³-hybridized carbons (Fsp3) is 0.412. The molecule has 128 valence electrons. The average Bonchev–Trinajstić information content (AvgIpc) is 3.27. The number of hydrogen-bond donors (Lipinski definition) is 2. The van der Waals surface area contributed by atoms with E-state index in [0.717, 1.165) is 38.0 Å². The second kappa shape index (κ2) is 7.63. The van der Waals surface area contributed by atoms with E-state index >= 15 is 0 Å². The Labute approximate surface area is 144 Å². The summed E-state index contributed by atoms with van der Waals surface area (Å²) in [5, 5.41) is 4.99. The summed E-state index contributed by atoms with van der Waals surface area (Å²) in [5.41, 5.74) is 1.61. The maximum absolute atomic E-state index is 12.1. The zero-order valence-corrected chi connectivity index (χ0v) is 14.4. The third-order valence-electron chi connectivity index (χ3n) is 4.28. The fourth-order valence-electron chi connectivity index (χ4n) is 2.94. The molecule has 1 saturated heterocycles. The summed E-state index contributed by atoms with van der Waals surface area (Å²) in [7, 11) is 1.41. The van der Waals surface area contributed by atoms with Gasteiger partial charge in [0.1, 0.15) is 10.6 Å². The van der Waals surface area contributed by atoms with E-state index < -0.39 is 0 Å². The quantitative estimate of drug-likeness (QED) is 0.814. The highest BCUT2D eigenvalue weighted by atomic mass is 32.1. The van der Waals surface area contributed by atoms with Gasteiger partial charge >= 0.3 is 5.97 Å². The van der Waals surface area contributed by atoms with Gasteiger partial charge in [-0.15, -0.1) is 11.3 Å². The van der Waals surface area contributed by atoms with Gasteiger partial charge in [0.2, 0.25) is 0 Å². The van der Waals surface area contributed by atoms with Crippen LogP contribution in [0.25, 0.3) is 0 Å². The van der Waals surface area contributed by atoms with Crippen LogP contribution in [-0.2, 0) is 11.3 Å². The number of hydrogen-bond acceptors (Lipinski definition) is 5. The summed E-state index contributed by atoms with van der Waals surface area (Å²) < 4.78 is 4.82. The van der Waals surface area contributed by atoms with Crippen LogP contribution in [0.2, 0.25) is 0 Å². The van der Waals surface area contributed by atoms with Crippen LogP contribution in [0.4, 0.5) is 0 Å². The van der Waals surface area contributed by atoms with Gasteiger partial charge in [-0.05, 0) is 42.0 Å². The number of carbonyl (C=O) groups is 2. The first-order chi connectivity index (χ1) is 11.7. The summed E-state index contributed by atoms with van der Waals surface area (Å²) in [6.07, 6.45) is 3.56. The summed E-state index contributed by atoms with van der Waals surface area (Å²) in [6, 6.07) is 5.77. The highest BCUT2D eigenvalue weighted by Gasteiger charge is 2.23. The minimum Gasteiger partial charge on any atom is -0.465 e. The molecule has 0 bridgehead atoms. The van der Waals surface area contributed by atoms with E-state index in [9.17, 15) is 9.59 Å². The van der Waals surface area contributed by atoms with Gasteiger partial charge in [-0.2, -0.15) is 0 Å². The Kier molecular flexibility index (Phi) is 5.32. The number of nitrogens with one attached hydrogen (secondary N) is 2. The maximum Gasteiger partial charge on any atom is 0.348 e. The van der Waals surface area contributed by atoms with E-state index in [4.69, 9.17) is 4.74 Å². The first-order valence-corrected chi connectivity index (χ1v) is 8.86. The number of thiophene rings is 1. The van der Waals surface area contributed by atoms with Gasteiger partial charge in [-0.1, -0.05) is 0 Å². The minimum atomic E-state index is -0.270. The fourth-order valence-corrected chi connectivity index (χ4v) is 3.77. The molecule has 2 aromatic rings. The van der Waals surface area contributed by atoms with Crippen molar-refractivity contribution in [2.75, 3.05) is 20.2 Å². The number of piperidine rings is 1. The minimum absolute atomic E-state index is 0.0516. The van der Waals surface area contributed by atoms with E-state index in [1.54, 1.807) is 12.3 Å². The molecule has 0 unspecified atom stereocenters. The zero-order chi connectivity index (χ0) is 16.9. The van der Waals surface area contributed by atoms with Crippen molar-refractivity contribution >= 4 is 23.2 Å². The van der Waals surface area contributed by atoms with E-state index in [0.29, 0.717) is 10.6 Å². The standard InChI is InChI=1S/C17H21N3O3S/c1-23-17(22)15-12(6-10-24-15)11-20-8-4-13(5-9-20)19-16(21)14-3-2-7-18-14/h2-3,6-7,10,13,18H,4-5,8-9,11H2,1H3,(H,19,21). The molecule has 0 saturated carbocycles. The Morgan fingerprint density at radius 1 is 1.38 bits per heavy atom. The first-order valence-electron chi connectivity index (χ1n) is 7.98. The lowest BCUT2D eigenvalue weighted by Crippen LogP contribution is -2.44. The van der Waals surface area contributed by atoms with Crippen LogP contribution in [0.15, 0.2) is 29.8 Å². The number of ether oxygens (including phenoxy) is 1. The summed E-state index contributed by atoms with van der Waals surface area (Å²) in [6.45, 7) is 2.53. The maximum atomic E-state index is 12.1. The topological polar surface area (TPSA) is 74.4 Å². The second-order valence-corrected chi connectivity index (χ2v) is 6.79. The van der Waals surface area contributed by atoms with Gasteiger partial charge < -0.3 is 15.0 Å². The number of rotatable bonds is 5. The lowest BCUT2D eigenvalue weighted by molar-refractivity contribution is 0.0603. The lowest BCUT2D eigenvalue weighted by Gasteiger charge is -2.32. The number of likely N-dealkylation sites (tertiary alicyclic amines) is 1. The molecule has 0 aromatic carbocycles. The molecule has 1 amide bonds. The SMILES string of the molecule is COC(=O)c1sccc1CN1CCC(NC(=O)c2ccc[nH]2)CC1. The summed E-state index contributed by atoms with van der Waals surface area (Å²) >= 11 is 1.42. The second-order valence-electron chi connectivity index (χ2n) is 5.87. The van der Waals surface area contributed by atoms with E-state index in [-0.39, 0.29) is 17.9 Å².